The van der Waals surface area contributed by atoms with E-state index in [1.54, 1.807) is 6.20 Å². The third kappa shape index (κ3) is 5.12. The summed E-state index contributed by atoms with van der Waals surface area (Å²) in [6, 6.07) is 18.4. The molecule has 0 saturated heterocycles. The van der Waals surface area contributed by atoms with Crippen molar-refractivity contribution in [3.63, 3.8) is 0 Å². The van der Waals surface area contributed by atoms with E-state index in [2.05, 4.69) is 41.2 Å². The second kappa shape index (κ2) is 9.52. The number of benzene rings is 1. The summed E-state index contributed by atoms with van der Waals surface area (Å²) in [5.74, 6) is 2.78. The van der Waals surface area contributed by atoms with Crippen LogP contribution in [0, 0.1) is 6.92 Å². The van der Waals surface area contributed by atoms with Gasteiger partial charge in [0.25, 0.3) is 0 Å². The van der Waals surface area contributed by atoms with E-state index in [1.807, 2.05) is 54.5 Å². The topological polar surface area (TPSA) is 47.9 Å². The minimum Gasteiger partial charge on any atom is -0.492 e. The lowest BCUT2D eigenvalue weighted by Gasteiger charge is -2.12. The van der Waals surface area contributed by atoms with Crippen molar-refractivity contribution in [1.82, 2.24) is 15.0 Å². The predicted molar refractivity (Wildman–Crippen MR) is 119 cm³/mol. The number of ether oxygens (including phenoxy) is 1. The Balaban J connectivity index is 1.35. The smallest absolute Gasteiger partial charge is 0.125 e. The molecule has 0 radical (unpaired) electrons. The highest BCUT2D eigenvalue weighted by molar-refractivity contribution is 7.98. The van der Waals surface area contributed by atoms with E-state index >= 15 is 0 Å². The van der Waals surface area contributed by atoms with Gasteiger partial charge in [0.2, 0.25) is 0 Å². The van der Waals surface area contributed by atoms with Gasteiger partial charge in [-0.2, -0.15) is 11.8 Å². The van der Waals surface area contributed by atoms with Crippen molar-refractivity contribution < 1.29 is 4.74 Å². The van der Waals surface area contributed by atoms with Gasteiger partial charge in [-0.25, -0.2) is 0 Å². The highest BCUT2D eigenvalue weighted by Gasteiger charge is 2.09. The third-order valence-corrected chi connectivity index (χ3v) is 5.73. The number of fused-ring (bicyclic) bond motifs is 1. The molecule has 4 nitrogen and oxygen atoms in total. The number of thioether (sulfide) groups is 1. The van der Waals surface area contributed by atoms with E-state index in [4.69, 9.17) is 9.72 Å². The molecule has 0 amide bonds. The highest BCUT2D eigenvalue weighted by atomic mass is 32.2. The number of rotatable bonds is 8. The van der Waals surface area contributed by atoms with Gasteiger partial charge in [-0.1, -0.05) is 30.3 Å². The Morgan fingerprint density at radius 1 is 0.966 bits per heavy atom. The lowest BCUT2D eigenvalue weighted by molar-refractivity contribution is 0.340. The monoisotopic (exact) mass is 401 g/mol. The summed E-state index contributed by atoms with van der Waals surface area (Å²) in [6.07, 6.45) is 6.23. The lowest BCUT2D eigenvalue weighted by Crippen LogP contribution is -2.05. The van der Waals surface area contributed by atoms with Crippen molar-refractivity contribution in [2.24, 2.45) is 0 Å². The number of hydrogen-bond acceptors (Lipinski definition) is 5. The van der Waals surface area contributed by atoms with Crippen molar-refractivity contribution in [3.05, 3.63) is 95.7 Å². The van der Waals surface area contributed by atoms with Gasteiger partial charge in [0.15, 0.2) is 0 Å². The fourth-order valence-corrected chi connectivity index (χ4v) is 3.91. The van der Waals surface area contributed by atoms with Crippen LogP contribution < -0.4 is 4.74 Å². The van der Waals surface area contributed by atoms with Gasteiger partial charge in [0, 0.05) is 53.2 Å². The van der Waals surface area contributed by atoms with Gasteiger partial charge in [-0.05, 0) is 36.8 Å². The van der Waals surface area contributed by atoms with Gasteiger partial charge in [-0.15, -0.1) is 0 Å². The number of pyridine rings is 3. The molecular formula is C24H23N3OS. The molecule has 146 valence electrons. The zero-order chi connectivity index (χ0) is 19.9. The van der Waals surface area contributed by atoms with E-state index < -0.39 is 0 Å². The molecule has 3 heterocycles. The maximum atomic E-state index is 6.03. The fourth-order valence-electron chi connectivity index (χ4n) is 3.16. The summed E-state index contributed by atoms with van der Waals surface area (Å²) in [6.45, 7) is 2.74. The van der Waals surface area contributed by atoms with Crippen molar-refractivity contribution in [1.29, 1.82) is 0 Å². The van der Waals surface area contributed by atoms with E-state index in [9.17, 15) is 0 Å². The minimum atomic E-state index is 0.670. The molecule has 0 N–H and O–H groups in total. The maximum Gasteiger partial charge on any atom is 0.125 e. The Labute approximate surface area is 175 Å². The molecule has 29 heavy (non-hydrogen) atoms. The molecule has 0 aliphatic heterocycles. The molecule has 0 aliphatic carbocycles. The molecular weight excluding hydrogens is 378 g/mol. The van der Waals surface area contributed by atoms with Crippen LogP contribution in [0.5, 0.6) is 5.75 Å². The molecule has 4 rings (SSSR count). The molecule has 5 heteroatoms. The summed E-state index contributed by atoms with van der Waals surface area (Å²) in [5.41, 5.74) is 5.36. The van der Waals surface area contributed by atoms with Crippen molar-refractivity contribution >= 4 is 22.7 Å². The average molecular weight is 402 g/mol. The molecule has 0 spiro atoms. The first-order valence-corrected chi connectivity index (χ1v) is 10.8. The zero-order valence-electron chi connectivity index (χ0n) is 16.4. The quantitative estimate of drug-likeness (QED) is 0.378. The Bertz CT molecular complexity index is 1090. The second-order valence-corrected chi connectivity index (χ2v) is 7.92. The summed E-state index contributed by atoms with van der Waals surface area (Å²) < 4.78 is 6.03. The molecule has 4 aromatic rings. The zero-order valence-corrected chi connectivity index (χ0v) is 17.2. The van der Waals surface area contributed by atoms with Crippen molar-refractivity contribution in [2.75, 3.05) is 12.4 Å². The highest BCUT2D eigenvalue weighted by Crippen LogP contribution is 2.22. The van der Waals surface area contributed by atoms with Crippen LogP contribution in [0.25, 0.3) is 10.9 Å². The van der Waals surface area contributed by atoms with Gasteiger partial charge in [0.1, 0.15) is 5.75 Å². The maximum absolute atomic E-state index is 6.03. The van der Waals surface area contributed by atoms with Crippen LogP contribution in [0.2, 0.25) is 0 Å². The largest absolute Gasteiger partial charge is 0.492 e. The minimum absolute atomic E-state index is 0.670. The Hall–Kier alpha value is -2.92. The van der Waals surface area contributed by atoms with Crippen LogP contribution in [0.1, 0.15) is 22.5 Å². The Kier molecular flexibility index (Phi) is 6.37. The van der Waals surface area contributed by atoms with Gasteiger partial charge < -0.3 is 4.74 Å². The Morgan fingerprint density at radius 3 is 2.79 bits per heavy atom. The number of para-hydroxylation sites is 1. The number of aromatic nitrogens is 3. The fraction of sp³-hybridized carbons (Fsp3) is 0.208. The van der Waals surface area contributed by atoms with Crippen LogP contribution in [0.4, 0.5) is 0 Å². The van der Waals surface area contributed by atoms with E-state index in [1.165, 1.54) is 5.56 Å². The van der Waals surface area contributed by atoms with Crippen LogP contribution in [-0.2, 0) is 12.2 Å². The van der Waals surface area contributed by atoms with E-state index in [-0.39, 0.29) is 0 Å². The first-order valence-electron chi connectivity index (χ1n) is 9.68. The second-order valence-electron chi connectivity index (χ2n) is 6.82. The number of hydrogen-bond donors (Lipinski definition) is 0. The molecule has 0 aliphatic rings. The molecule has 0 bridgehead atoms. The molecule has 1 aromatic carbocycles. The summed E-state index contributed by atoms with van der Waals surface area (Å²) in [5, 5.41) is 1.15. The first-order chi connectivity index (χ1) is 14.3. The Morgan fingerprint density at radius 2 is 1.90 bits per heavy atom. The molecule has 0 atom stereocenters. The molecule has 0 fully saturated rings. The van der Waals surface area contributed by atoms with E-state index in [0.717, 1.165) is 45.1 Å². The summed E-state index contributed by atoms with van der Waals surface area (Å²) in [4.78, 5) is 13.5. The van der Waals surface area contributed by atoms with Gasteiger partial charge in [-0.3, -0.25) is 15.0 Å². The van der Waals surface area contributed by atoms with Crippen LogP contribution >= 0.6 is 11.8 Å². The van der Waals surface area contributed by atoms with Gasteiger partial charge in [0.05, 0.1) is 17.8 Å². The summed E-state index contributed by atoms with van der Waals surface area (Å²) >= 11 is 1.85. The molecule has 0 unspecified atom stereocenters. The van der Waals surface area contributed by atoms with Crippen molar-refractivity contribution in [3.8, 4) is 5.75 Å². The molecule has 3 aromatic heterocycles. The van der Waals surface area contributed by atoms with Crippen LogP contribution in [0.15, 0.2) is 73.2 Å². The molecule has 0 saturated carbocycles. The first kappa shape index (κ1) is 19.4. The van der Waals surface area contributed by atoms with Crippen LogP contribution in [-0.4, -0.2) is 27.3 Å². The normalized spacial score (nSPS) is 10.9. The number of nitrogens with zero attached hydrogens (tertiary/aromatic N) is 3. The van der Waals surface area contributed by atoms with E-state index in [0.29, 0.717) is 13.0 Å². The SMILES string of the molecule is Cc1c(OCCSCc2cccnc2)ccnc1Cc1ccc2ccccc2n1. The average Bonchev–Trinajstić information content (AvgIpc) is 2.76. The van der Waals surface area contributed by atoms with Crippen molar-refractivity contribution in [2.45, 2.75) is 19.1 Å². The lowest BCUT2D eigenvalue weighted by atomic mass is 10.1. The standard InChI is InChI=1S/C24H23N3OS/c1-18-23(15-21-9-8-20-6-2-3-7-22(20)27-21)26-12-10-24(18)28-13-14-29-17-19-5-4-11-25-16-19/h2-12,16H,13-15,17H2,1H3. The van der Waals surface area contributed by atoms with Gasteiger partial charge >= 0.3 is 0 Å². The summed E-state index contributed by atoms with van der Waals surface area (Å²) in [7, 11) is 0. The van der Waals surface area contributed by atoms with Crippen LogP contribution in [0.3, 0.4) is 0 Å². The third-order valence-electron chi connectivity index (χ3n) is 4.74. The predicted octanol–water partition coefficient (Wildman–Crippen LogP) is 5.24.